The molecule has 0 bridgehead atoms. The Morgan fingerprint density at radius 1 is 1.08 bits per heavy atom. The van der Waals surface area contributed by atoms with Crippen LogP contribution in [-0.4, -0.2) is 60.5 Å². The monoisotopic (exact) mass is 508 g/mol. The van der Waals surface area contributed by atoms with Gasteiger partial charge >= 0.3 is 5.97 Å². The van der Waals surface area contributed by atoms with Gasteiger partial charge in [-0.3, -0.25) is 14.4 Å². The number of carbonyl (C=O) groups excluding carboxylic acids is 3. The highest BCUT2D eigenvalue weighted by Gasteiger charge is 2.29. The number of nitrogens with one attached hydrogen (secondary N) is 1. The van der Waals surface area contributed by atoms with Crippen LogP contribution in [-0.2, 0) is 19.1 Å². The van der Waals surface area contributed by atoms with E-state index in [0.29, 0.717) is 37.2 Å². The Hall–Kier alpha value is -3.16. The first-order valence-electron chi connectivity index (χ1n) is 13.6. The van der Waals surface area contributed by atoms with Crippen LogP contribution < -0.4 is 10.2 Å². The first-order valence-corrected chi connectivity index (χ1v) is 13.6. The van der Waals surface area contributed by atoms with E-state index in [9.17, 15) is 14.4 Å². The van der Waals surface area contributed by atoms with Crippen LogP contribution in [0.3, 0.4) is 0 Å². The third-order valence-electron chi connectivity index (χ3n) is 7.44. The molecule has 200 valence electrons. The van der Waals surface area contributed by atoms with Crippen molar-refractivity contribution in [3.05, 3.63) is 29.8 Å². The molecule has 3 heterocycles. The van der Waals surface area contributed by atoms with E-state index in [-0.39, 0.29) is 36.5 Å². The number of fused-ring (bicyclic) bond motifs is 1. The number of anilines is 2. The minimum Gasteiger partial charge on any atom is -0.466 e. The second kappa shape index (κ2) is 11.9. The Morgan fingerprint density at radius 3 is 2.57 bits per heavy atom. The molecular weight excluding hydrogens is 468 g/mol. The average molecular weight is 509 g/mol. The maximum Gasteiger partial charge on any atom is 0.310 e. The van der Waals surface area contributed by atoms with Crippen LogP contribution in [0.1, 0.15) is 58.4 Å². The van der Waals surface area contributed by atoms with Gasteiger partial charge in [0, 0.05) is 50.1 Å². The van der Waals surface area contributed by atoms with Crippen LogP contribution in [0, 0.1) is 24.7 Å². The third-order valence-corrected chi connectivity index (χ3v) is 7.44. The van der Waals surface area contributed by atoms with Crippen molar-refractivity contribution in [3.63, 3.8) is 0 Å². The van der Waals surface area contributed by atoms with Gasteiger partial charge in [0.25, 0.3) is 0 Å². The van der Waals surface area contributed by atoms with Gasteiger partial charge in [-0.1, -0.05) is 13.8 Å². The lowest BCUT2D eigenvalue weighted by molar-refractivity contribution is -0.151. The van der Waals surface area contributed by atoms with Crippen molar-refractivity contribution in [1.29, 1.82) is 0 Å². The molecule has 0 radical (unpaired) electrons. The molecule has 2 fully saturated rings. The molecule has 2 amide bonds. The summed E-state index contributed by atoms with van der Waals surface area (Å²) in [5.41, 5.74) is 2.73. The lowest BCUT2D eigenvalue weighted by Gasteiger charge is -2.36. The Labute approximate surface area is 219 Å². The van der Waals surface area contributed by atoms with E-state index in [4.69, 9.17) is 9.72 Å². The van der Waals surface area contributed by atoms with E-state index in [0.717, 1.165) is 48.2 Å². The van der Waals surface area contributed by atoms with Crippen molar-refractivity contribution in [2.75, 3.05) is 43.0 Å². The molecular formula is C29H40N4O4. The van der Waals surface area contributed by atoms with Crippen LogP contribution in [0.5, 0.6) is 0 Å². The Bertz CT molecular complexity index is 1140. The number of pyridine rings is 1. The molecule has 4 rings (SSSR count). The minimum atomic E-state index is -0.275. The molecule has 2 aliphatic heterocycles. The highest BCUT2D eigenvalue weighted by Crippen LogP contribution is 2.29. The Kier molecular flexibility index (Phi) is 8.67. The molecule has 8 nitrogen and oxygen atoms in total. The molecule has 1 N–H and O–H groups in total. The molecule has 1 aromatic heterocycles. The fourth-order valence-electron chi connectivity index (χ4n) is 5.72. The zero-order valence-corrected chi connectivity index (χ0v) is 22.6. The van der Waals surface area contributed by atoms with Crippen molar-refractivity contribution >= 4 is 40.2 Å². The number of rotatable bonds is 7. The molecule has 2 aliphatic rings. The summed E-state index contributed by atoms with van der Waals surface area (Å²) in [5, 5.41) is 3.94. The van der Waals surface area contributed by atoms with Crippen LogP contribution >= 0.6 is 0 Å². The fourth-order valence-corrected chi connectivity index (χ4v) is 5.72. The van der Waals surface area contributed by atoms with Crippen LogP contribution in [0.25, 0.3) is 10.9 Å². The van der Waals surface area contributed by atoms with Crippen LogP contribution in [0.2, 0.25) is 0 Å². The highest BCUT2D eigenvalue weighted by molar-refractivity contribution is 5.96. The summed E-state index contributed by atoms with van der Waals surface area (Å²) in [6.07, 6.45) is 2.97. The summed E-state index contributed by atoms with van der Waals surface area (Å²) in [6, 6.07) is 7.91. The highest BCUT2D eigenvalue weighted by atomic mass is 16.5. The number of aryl methyl sites for hydroxylation is 1. The average Bonchev–Trinajstić information content (AvgIpc) is 2.87. The van der Waals surface area contributed by atoms with Crippen molar-refractivity contribution in [2.24, 2.45) is 17.8 Å². The summed E-state index contributed by atoms with van der Waals surface area (Å²) in [5.74, 6) is 1.50. The molecule has 0 spiro atoms. The van der Waals surface area contributed by atoms with E-state index in [2.05, 4.69) is 37.1 Å². The zero-order chi connectivity index (χ0) is 26.5. The summed E-state index contributed by atoms with van der Waals surface area (Å²) >= 11 is 0. The van der Waals surface area contributed by atoms with E-state index < -0.39 is 0 Å². The molecule has 8 heteroatoms. The normalized spacial score (nSPS) is 22.1. The summed E-state index contributed by atoms with van der Waals surface area (Å²) in [4.78, 5) is 46.3. The predicted molar refractivity (Wildman–Crippen MR) is 145 cm³/mol. The van der Waals surface area contributed by atoms with Crippen LogP contribution in [0.15, 0.2) is 24.3 Å². The van der Waals surface area contributed by atoms with Crippen molar-refractivity contribution in [3.8, 4) is 0 Å². The van der Waals surface area contributed by atoms with Gasteiger partial charge in [0.05, 0.1) is 18.0 Å². The van der Waals surface area contributed by atoms with E-state index in [1.165, 1.54) is 6.42 Å². The minimum absolute atomic E-state index is 0.0962. The number of piperidine rings is 2. The third kappa shape index (κ3) is 6.79. The first-order chi connectivity index (χ1) is 17.7. The number of aromatic nitrogens is 1. The van der Waals surface area contributed by atoms with Gasteiger partial charge in [-0.25, -0.2) is 4.98 Å². The quantitative estimate of drug-likeness (QED) is 0.552. The van der Waals surface area contributed by atoms with Gasteiger partial charge in [0.2, 0.25) is 11.8 Å². The van der Waals surface area contributed by atoms with Gasteiger partial charge in [-0.15, -0.1) is 0 Å². The van der Waals surface area contributed by atoms with Gasteiger partial charge < -0.3 is 19.9 Å². The van der Waals surface area contributed by atoms with Gasteiger partial charge in [-0.2, -0.15) is 0 Å². The van der Waals surface area contributed by atoms with E-state index in [1.807, 2.05) is 18.2 Å². The summed E-state index contributed by atoms with van der Waals surface area (Å²) < 4.78 is 5.11. The maximum absolute atomic E-state index is 12.7. The molecule has 2 aromatic rings. The predicted octanol–water partition coefficient (Wildman–Crippen LogP) is 4.55. The lowest BCUT2D eigenvalue weighted by atomic mass is 9.92. The zero-order valence-electron chi connectivity index (χ0n) is 22.6. The Balaban J connectivity index is 1.34. The van der Waals surface area contributed by atoms with Crippen LogP contribution in [0.4, 0.5) is 11.5 Å². The van der Waals surface area contributed by atoms with E-state index >= 15 is 0 Å². The van der Waals surface area contributed by atoms with Gasteiger partial charge in [0.15, 0.2) is 0 Å². The molecule has 3 atom stereocenters. The molecule has 0 aliphatic carbocycles. The number of carbonyl (C=O) groups is 3. The number of hydrogen-bond acceptors (Lipinski definition) is 6. The largest absolute Gasteiger partial charge is 0.466 e. The standard InChI is InChI=1S/C29H40N4O4/c1-5-37-29(36)22-7-6-12-32(18-22)28(35)11-10-27(34)30-23-8-9-25-24(15-23)21(4)14-26(31-25)33-16-19(2)13-20(3)17-33/h8-9,14-15,19-20,22H,5-7,10-13,16-18H2,1-4H3,(H,30,34)/t19-,20-,22-/m1/s1. The second-order valence-electron chi connectivity index (χ2n) is 10.9. The SMILES string of the molecule is CCOC(=O)[C@@H]1CCCN(C(=O)CCC(=O)Nc2ccc3nc(N4C[C@H](C)C[C@@H](C)C4)cc(C)c3c2)C1. The van der Waals surface area contributed by atoms with Crippen molar-refractivity contribution < 1.29 is 19.1 Å². The van der Waals surface area contributed by atoms with Crippen molar-refractivity contribution in [1.82, 2.24) is 9.88 Å². The lowest BCUT2D eigenvalue weighted by Crippen LogP contribution is -2.43. The van der Waals surface area contributed by atoms with Gasteiger partial charge in [-0.05, 0) is 74.8 Å². The number of amides is 2. The smallest absolute Gasteiger partial charge is 0.310 e. The summed E-state index contributed by atoms with van der Waals surface area (Å²) in [7, 11) is 0. The van der Waals surface area contributed by atoms with E-state index in [1.54, 1.807) is 11.8 Å². The number of ether oxygens (including phenoxy) is 1. The number of nitrogens with zero attached hydrogens (tertiary/aromatic N) is 3. The molecule has 0 saturated carbocycles. The first kappa shape index (κ1) is 26.9. The summed E-state index contributed by atoms with van der Waals surface area (Å²) in [6.45, 7) is 11.8. The molecule has 2 saturated heterocycles. The molecule has 1 aromatic carbocycles. The second-order valence-corrected chi connectivity index (χ2v) is 10.9. The molecule has 37 heavy (non-hydrogen) atoms. The van der Waals surface area contributed by atoms with Gasteiger partial charge in [0.1, 0.15) is 5.82 Å². The topological polar surface area (TPSA) is 91.8 Å². The number of esters is 1. The Morgan fingerprint density at radius 2 is 1.84 bits per heavy atom. The van der Waals surface area contributed by atoms with Crippen molar-refractivity contribution in [2.45, 2.75) is 59.8 Å². The number of benzene rings is 1. The fraction of sp³-hybridized carbons (Fsp3) is 0.586. The maximum atomic E-state index is 12.7. The number of hydrogen-bond donors (Lipinski definition) is 1. The molecule has 0 unspecified atom stereocenters. The number of likely N-dealkylation sites (tertiary alicyclic amines) is 1.